The number of piperazine rings is 1. The fourth-order valence-electron chi connectivity index (χ4n) is 2.39. The van der Waals surface area contributed by atoms with Gasteiger partial charge in [-0.15, -0.1) is 0 Å². The minimum absolute atomic E-state index is 0.484. The third-order valence-corrected chi connectivity index (χ3v) is 3.67. The van der Waals surface area contributed by atoms with Gasteiger partial charge in [0, 0.05) is 45.3 Å². The summed E-state index contributed by atoms with van der Waals surface area (Å²) in [6.45, 7) is 8.54. The van der Waals surface area contributed by atoms with Crippen molar-refractivity contribution in [3.63, 3.8) is 0 Å². The quantitative estimate of drug-likeness (QED) is 0.872. The normalized spacial score (nSPS) is 19.5. The molecule has 1 N–H and O–H groups in total. The van der Waals surface area contributed by atoms with E-state index in [1.165, 1.54) is 12.8 Å². The first kappa shape index (κ1) is 14.1. The lowest BCUT2D eigenvalue weighted by Gasteiger charge is -2.35. The van der Waals surface area contributed by atoms with E-state index in [2.05, 4.69) is 52.0 Å². The second-order valence-corrected chi connectivity index (χ2v) is 5.26. The zero-order valence-corrected chi connectivity index (χ0v) is 12.3. The van der Waals surface area contributed by atoms with Crippen molar-refractivity contribution in [1.29, 1.82) is 0 Å². The highest BCUT2D eigenvalue weighted by Crippen LogP contribution is 2.19. The molecular formula is C14H25N5. The predicted octanol–water partition coefficient (Wildman–Crippen LogP) is 1.51. The third-order valence-electron chi connectivity index (χ3n) is 3.67. The minimum Gasteiger partial charge on any atom is -0.360 e. The van der Waals surface area contributed by atoms with Crippen molar-refractivity contribution in [2.75, 3.05) is 43.0 Å². The molecule has 1 aliphatic rings. The summed E-state index contributed by atoms with van der Waals surface area (Å²) >= 11 is 0. The fraction of sp³-hybridized carbons (Fsp3) is 0.714. The van der Waals surface area contributed by atoms with Gasteiger partial charge < -0.3 is 15.1 Å². The summed E-state index contributed by atoms with van der Waals surface area (Å²) in [6, 6.07) is 2.59. The number of rotatable bonds is 5. The van der Waals surface area contributed by atoms with E-state index in [1.807, 2.05) is 0 Å². The zero-order chi connectivity index (χ0) is 13.7. The third kappa shape index (κ3) is 3.56. The number of hydrogen-bond acceptors (Lipinski definition) is 5. The molecule has 106 valence electrons. The van der Waals surface area contributed by atoms with E-state index in [0.29, 0.717) is 6.04 Å². The highest BCUT2D eigenvalue weighted by molar-refractivity contribution is 5.50. The molecule has 0 amide bonds. The van der Waals surface area contributed by atoms with Crippen LogP contribution in [0.2, 0.25) is 0 Å². The van der Waals surface area contributed by atoms with Crippen LogP contribution in [-0.4, -0.2) is 49.2 Å². The minimum atomic E-state index is 0.484. The van der Waals surface area contributed by atoms with E-state index in [1.54, 1.807) is 6.33 Å². The summed E-state index contributed by atoms with van der Waals surface area (Å²) in [6.07, 6.45) is 4.08. The van der Waals surface area contributed by atoms with E-state index in [0.717, 1.165) is 37.8 Å². The van der Waals surface area contributed by atoms with Gasteiger partial charge in [-0.3, -0.25) is 0 Å². The van der Waals surface area contributed by atoms with Gasteiger partial charge in [-0.2, -0.15) is 0 Å². The Labute approximate surface area is 116 Å². The standard InChI is InChI=1S/C14H25N5/c1-4-5-7-18(3)13-9-14(17-11-16-13)19-8-6-15-10-12(19)2/h9,11-12,15H,4-8,10H2,1-3H3. The molecule has 1 aromatic heterocycles. The molecule has 1 unspecified atom stereocenters. The Balaban J connectivity index is 2.09. The highest BCUT2D eigenvalue weighted by Gasteiger charge is 2.19. The monoisotopic (exact) mass is 263 g/mol. The Kier molecular flexibility index (Phi) is 4.96. The summed E-state index contributed by atoms with van der Waals surface area (Å²) < 4.78 is 0. The lowest BCUT2D eigenvalue weighted by molar-refractivity contribution is 0.497. The van der Waals surface area contributed by atoms with E-state index in [-0.39, 0.29) is 0 Å². The van der Waals surface area contributed by atoms with Gasteiger partial charge in [-0.05, 0) is 13.3 Å². The first-order valence-corrected chi connectivity index (χ1v) is 7.23. The van der Waals surface area contributed by atoms with Crippen LogP contribution in [-0.2, 0) is 0 Å². The Morgan fingerprint density at radius 1 is 1.47 bits per heavy atom. The number of aromatic nitrogens is 2. The van der Waals surface area contributed by atoms with Crippen LogP contribution in [0, 0.1) is 0 Å². The molecule has 5 nitrogen and oxygen atoms in total. The van der Waals surface area contributed by atoms with Gasteiger partial charge in [0.15, 0.2) is 0 Å². The number of anilines is 2. The van der Waals surface area contributed by atoms with Crippen LogP contribution in [0.15, 0.2) is 12.4 Å². The maximum atomic E-state index is 4.44. The maximum absolute atomic E-state index is 4.44. The summed E-state index contributed by atoms with van der Waals surface area (Å²) in [5.74, 6) is 2.06. The summed E-state index contributed by atoms with van der Waals surface area (Å²) in [5.41, 5.74) is 0. The molecule has 2 heterocycles. The molecule has 2 rings (SSSR count). The van der Waals surface area contributed by atoms with Gasteiger partial charge in [0.2, 0.25) is 0 Å². The Morgan fingerprint density at radius 2 is 2.32 bits per heavy atom. The van der Waals surface area contributed by atoms with Gasteiger partial charge in [0.05, 0.1) is 0 Å². The van der Waals surface area contributed by atoms with Gasteiger partial charge in [0.25, 0.3) is 0 Å². The molecule has 1 fully saturated rings. The molecule has 0 bridgehead atoms. The SMILES string of the molecule is CCCCN(C)c1cc(N2CCNCC2C)ncn1. The first-order chi connectivity index (χ1) is 9.22. The van der Waals surface area contributed by atoms with Crippen molar-refractivity contribution in [3.05, 3.63) is 12.4 Å². The summed E-state index contributed by atoms with van der Waals surface area (Å²) in [7, 11) is 2.10. The highest BCUT2D eigenvalue weighted by atomic mass is 15.3. The average molecular weight is 263 g/mol. The molecule has 1 atom stereocenters. The number of unbranched alkanes of at least 4 members (excludes halogenated alkanes) is 1. The van der Waals surface area contributed by atoms with Crippen molar-refractivity contribution >= 4 is 11.6 Å². The van der Waals surface area contributed by atoms with Crippen LogP contribution in [0.1, 0.15) is 26.7 Å². The van der Waals surface area contributed by atoms with Gasteiger partial charge in [0.1, 0.15) is 18.0 Å². The van der Waals surface area contributed by atoms with Crippen molar-refractivity contribution in [3.8, 4) is 0 Å². The first-order valence-electron chi connectivity index (χ1n) is 7.23. The molecule has 5 heteroatoms. The van der Waals surface area contributed by atoms with Crippen LogP contribution < -0.4 is 15.1 Å². The van der Waals surface area contributed by atoms with E-state index in [9.17, 15) is 0 Å². The van der Waals surface area contributed by atoms with Crippen molar-refractivity contribution in [1.82, 2.24) is 15.3 Å². The van der Waals surface area contributed by atoms with E-state index in [4.69, 9.17) is 0 Å². The number of nitrogens with one attached hydrogen (secondary N) is 1. The largest absolute Gasteiger partial charge is 0.360 e. The van der Waals surface area contributed by atoms with Crippen LogP contribution in [0.25, 0.3) is 0 Å². The van der Waals surface area contributed by atoms with E-state index < -0.39 is 0 Å². The lowest BCUT2D eigenvalue weighted by atomic mass is 10.2. The second kappa shape index (κ2) is 6.70. The van der Waals surface area contributed by atoms with Crippen LogP contribution in [0.3, 0.4) is 0 Å². The smallest absolute Gasteiger partial charge is 0.134 e. The topological polar surface area (TPSA) is 44.3 Å². The van der Waals surface area contributed by atoms with Crippen LogP contribution in [0.5, 0.6) is 0 Å². The molecule has 0 spiro atoms. The molecule has 19 heavy (non-hydrogen) atoms. The average Bonchev–Trinajstić information content (AvgIpc) is 2.45. The summed E-state index contributed by atoms with van der Waals surface area (Å²) in [5, 5.41) is 3.40. The maximum Gasteiger partial charge on any atom is 0.134 e. The van der Waals surface area contributed by atoms with Crippen molar-refractivity contribution in [2.45, 2.75) is 32.7 Å². The Morgan fingerprint density at radius 3 is 3.05 bits per heavy atom. The predicted molar refractivity (Wildman–Crippen MR) is 79.9 cm³/mol. The lowest BCUT2D eigenvalue weighted by Crippen LogP contribution is -2.50. The summed E-state index contributed by atoms with van der Waals surface area (Å²) in [4.78, 5) is 13.4. The number of hydrogen-bond donors (Lipinski definition) is 1. The molecular weight excluding hydrogens is 238 g/mol. The Bertz CT molecular complexity index is 395. The number of nitrogens with zero attached hydrogens (tertiary/aromatic N) is 4. The second-order valence-electron chi connectivity index (χ2n) is 5.26. The zero-order valence-electron chi connectivity index (χ0n) is 12.3. The molecule has 0 aliphatic carbocycles. The Hall–Kier alpha value is -1.36. The fourth-order valence-corrected chi connectivity index (χ4v) is 2.39. The molecule has 0 saturated carbocycles. The van der Waals surface area contributed by atoms with Gasteiger partial charge in [-0.1, -0.05) is 13.3 Å². The van der Waals surface area contributed by atoms with E-state index >= 15 is 0 Å². The van der Waals surface area contributed by atoms with Gasteiger partial charge in [-0.25, -0.2) is 9.97 Å². The van der Waals surface area contributed by atoms with Crippen molar-refractivity contribution < 1.29 is 0 Å². The molecule has 0 aromatic carbocycles. The van der Waals surface area contributed by atoms with Crippen molar-refractivity contribution in [2.24, 2.45) is 0 Å². The molecule has 1 aliphatic heterocycles. The molecule has 1 saturated heterocycles. The van der Waals surface area contributed by atoms with Crippen LogP contribution >= 0.6 is 0 Å². The molecule has 0 radical (unpaired) electrons. The van der Waals surface area contributed by atoms with Crippen LogP contribution in [0.4, 0.5) is 11.6 Å². The molecule has 1 aromatic rings. The van der Waals surface area contributed by atoms with Gasteiger partial charge >= 0.3 is 0 Å².